The van der Waals surface area contributed by atoms with Crippen LogP contribution in [0.25, 0.3) is 6.08 Å². The number of para-hydroxylation sites is 1. The Kier molecular flexibility index (Phi) is 5.75. The van der Waals surface area contributed by atoms with Gasteiger partial charge < -0.3 is 9.64 Å². The molecule has 1 atom stereocenters. The van der Waals surface area contributed by atoms with Crippen molar-refractivity contribution in [1.29, 1.82) is 0 Å². The monoisotopic (exact) mass is 397 g/mol. The van der Waals surface area contributed by atoms with Gasteiger partial charge in [0, 0.05) is 19.8 Å². The summed E-state index contributed by atoms with van der Waals surface area (Å²) in [6.45, 7) is 0. The van der Waals surface area contributed by atoms with E-state index in [1.165, 1.54) is 11.3 Å². The zero-order valence-electron chi connectivity index (χ0n) is 17.6. The molecule has 0 radical (unpaired) electrons. The number of methoxy groups -OCH3 is 1. The van der Waals surface area contributed by atoms with Crippen LogP contribution in [0.15, 0.2) is 96.7 Å². The van der Waals surface area contributed by atoms with Crippen LogP contribution in [0.1, 0.15) is 17.2 Å². The first-order valence-electron chi connectivity index (χ1n) is 10.1. The molecule has 4 rings (SSSR count). The Hall–Kier alpha value is -3.66. The lowest BCUT2D eigenvalue weighted by molar-refractivity contribution is 0.415. The fourth-order valence-corrected chi connectivity index (χ4v) is 3.51. The summed E-state index contributed by atoms with van der Waals surface area (Å²) in [4.78, 5) is 2.12. The standard InChI is InChI=1S/C26H27N3O/c1-28(2)23-15-12-21(13-16-23)26-19-22(27-29(26)24-7-5-4-6-8-24)14-9-20-10-17-25(30-3)18-11-20/h4-19,26-27H,1-3H3. The summed E-state index contributed by atoms with van der Waals surface area (Å²) in [7, 11) is 5.80. The summed E-state index contributed by atoms with van der Waals surface area (Å²) in [5, 5.41) is 2.21. The molecule has 0 aliphatic carbocycles. The van der Waals surface area contributed by atoms with Crippen molar-refractivity contribution < 1.29 is 4.74 Å². The molecular weight excluding hydrogens is 370 g/mol. The Morgan fingerprint density at radius 1 is 0.867 bits per heavy atom. The minimum atomic E-state index is 0.110. The number of allylic oxidation sites excluding steroid dienone is 1. The number of nitrogens with one attached hydrogen (secondary N) is 1. The number of benzene rings is 3. The first-order chi connectivity index (χ1) is 14.6. The van der Waals surface area contributed by atoms with Gasteiger partial charge in [-0.2, -0.15) is 0 Å². The average Bonchev–Trinajstić information content (AvgIpc) is 3.23. The normalized spacial score (nSPS) is 15.8. The van der Waals surface area contributed by atoms with Crippen LogP contribution in [-0.2, 0) is 0 Å². The lowest BCUT2D eigenvalue weighted by Crippen LogP contribution is -2.34. The zero-order valence-corrected chi connectivity index (χ0v) is 17.6. The maximum absolute atomic E-state index is 5.24. The van der Waals surface area contributed by atoms with E-state index in [0.29, 0.717) is 0 Å². The molecule has 1 heterocycles. The highest BCUT2D eigenvalue weighted by Crippen LogP contribution is 2.33. The first kappa shape index (κ1) is 19.6. The van der Waals surface area contributed by atoms with Crippen LogP contribution < -0.4 is 20.1 Å². The van der Waals surface area contributed by atoms with Crippen molar-refractivity contribution in [3.63, 3.8) is 0 Å². The minimum absolute atomic E-state index is 0.110. The van der Waals surface area contributed by atoms with Gasteiger partial charge in [-0.15, -0.1) is 0 Å². The molecule has 30 heavy (non-hydrogen) atoms. The van der Waals surface area contributed by atoms with Crippen LogP contribution in [0, 0.1) is 0 Å². The third-order valence-electron chi connectivity index (χ3n) is 5.22. The summed E-state index contributed by atoms with van der Waals surface area (Å²) >= 11 is 0. The van der Waals surface area contributed by atoms with Crippen molar-refractivity contribution >= 4 is 17.5 Å². The van der Waals surface area contributed by atoms with E-state index < -0.39 is 0 Å². The van der Waals surface area contributed by atoms with Crippen LogP contribution in [0.4, 0.5) is 11.4 Å². The molecular formula is C26H27N3O. The maximum atomic E-state index is 5.24. The van der Waals surface area contributed by atoms with Gasteiger partial charge in [0.25, 0.3) is 0 Å². The van der Waals surface area contributed by atoms with E-state index in [4.69, 9.17) is 4.74 Å². The van der Waals surface area contributed by atoms with Gasteiger partial charge in [0.1, 0.15) is 5.75 Å². The van der Waals surface area contributed by atoms with E-state index in [0.717, 1.165) is 22.7 Å². The van der Waals surface area contributed by atoms with E-state index in [-0.39, 0.29) is 6.04 Å². The largest absolute Gasteiger partial charge is 0.497 e. The Morgan fingerprint density at radius 3 is 2.20 bits per heavy atom. The number of ether oxygens (including phenoxy) is 1. The fourth-order valence-electron chi connectivity index (χ4n) is 3.51. The smallest absolute Gasteiger partial charge is 0.118 e. The Labute approximate surface area is 178 Å². The van der Waals surface area contributed by atoms with E-state index in [2.05, 4.69) is 108 Å². The summed E-state index contributed by atoms with van der Waals surface area (Å²) in [5.41, 5.74) is 9.32. The number of rotatable bonds is 6. The zero-order chi connectivity index (χ0) is 20.9. The van der Waals surface area contributed by atoms with Crippen molar-refractivity contribution in [2.24, 2.45) is 0 Å². The van der Waals surface area contributed by atoms with Crippen molar-refractivity contribution in [1.82, 2.24) is 5.43 Å². The minimum Gasteiger partial charge on any atom is -0.497 e. The highest BCUT2D eigenvalue weighted by atomic mass is 16.5. The van der Waals surface area contributed by atoms with E-state index in [1.54, 1.807) is 7.11 Å². The molecule has 0 bridgehead atoms. The number of hydrogen-bond donors (Lipinski definition) is 1. The molecule has 1 aliphatic rings. The fraction of sp³-hybridized carbons (Fsp3) is 0.154. The molecule has 0 amide bonds. The van der Waals surface area contributed by atoms with E-state index >= 15 is 0 Å². The van der Waals surface area contributed by atoms with Crippen molar-refractivity contribution in [3.05, 3.63) is 108 Å². The van der Waals surface area contributed by atoms with Crippen LogP contribution in [0.3, 0.4) is 0 Å². The second-order valence-electron chi connectivity index (χ2n) is 7.48. The molecule has 1 aliphatic heterocycles. The van der Waals surface area contributed by atoms with Crippen LogP contribution in [-0.4, -0.2) is 21.2 Å². The Balaban J connectivity index is 1.61. The second kappa shape index (κ2) is 8.78. The quantitative estimate of drug-likeness (QED) is 0.601. The number of nitrogens with zero attached hydrogens (tertiary/aromatic N) is 2. The van der Waals surface area contributed by atoms with Crippen LogP contribution in [0.2, 0.25) is 0 Å². The molecule has 0 aromatic heterocycles. The Morgan fingerprint density at radius 2 is 1.57 bits per heavy atom. The highest BCUT2D eigenvalue weighted by molar-refractivity contribution is 5.59. The van der Waals surface area contributed by atoms with Gasteiger partial charge in [0.2, 0.25) is 0 Å². The van der Waals surface area contributed by atoms with Crippen LogP contribution >= 0.6 is 0 Å². The molecule has 3 aromatic carbocycles. The summed E-state index contributed by atoms with van der Waals surface area (Å²) < 4.78 is 5.24. The van der Waals surface area contributed by atoms with Gasteiger partial charge in [-0.3, -0.25) is 10.4 Å². The maximum Gasteiger partial charge on any atom is 0.118 e. The van der Waals surface area contributed by atoms with E-state index in [1.807, 2.05) is 18.2 Å². The van der Waals surface area contributed by atoms with Crippen LogP contribution in [0.5, 0.6) is 5.75 Å². The van der Waals surface area contributed by atoms with E-state index in [9.17, 15) is 0 Å². The topological polar surface area (TPSA) is 27.7 Å². The molecule has 0 saturated heterocycles. The van der Waals surface area contributed by atoms with Gasteiger partial charge >= 0.3 is 0 Å². The lowest BCUT2D eigenvalue weighted by atomic mass is 10.0. The van der Waals surface area contributed by atoms with Crippen molar-refractivity contribution in [2.45, 2.75) is 6.04 Å². The molecule has 0 spiro atoms. The third kappa shape index (κ3) is 4.33. The van der Waals surface area contributed by atoms with Gasteiger partial charge in [-0.1, -0.05) is 48.5 Å². The average molecular weight is 398 g/mol. The SMILES string of the molecule is COc1ccc(C=CC2=CC(c3ccc(N(C)C)cc3)N(c3ccccc3)N2)cc1. The predicted octanol–water partition coefficient (Wildman–Crippen LogP) is 5.42. The molecule has 0 fully saturated rings. The third-order valence-corrected chi connectivity index (χ3v) is 5.22. The predicted molar refractivity (Wildman–Crippen MR) is 126 cm³/mol. The number of hydrogen-bond acceptors (Lipinski definition) is 4. The van der Waals surface area contributed by atoms with Gasteiger partial charge in [-0.25, -0.2) is 0 Å². The molecule has 4 nitrogen and oxygen atoms in total. The number of anilines is 2. The number of hydrazine groups is 1. The Bertz CT molecular complexity index is 1020. The van der Waals surface area contributed by atoms with Gasteiger partial charge in [-0.05, 0) is 59.7 Å². The molecule has 3 aromatic rings. The molecule has 1 unspecified atom stereocenters. The summed E-state index contributed by atoms with van der Waals surface area (Å²) in [5.74, 6) is 0.863. The highest BCUT2D eigenvalue weighted by Gasteiger charge is 2.25. The van der Waals surface area contributed by atoms with Gasteiger partial charge in [0.15, 0.2) is 0 Å². The van der Waals surface area contributed by atoms with Crippen molar-refractivity contribution in [3.8, 4) is 5.75 Å². The lowest BCUT2D eigenvalue weighted by Gasteiger charge is -2.27. The first-order valence-corrected chi connectivity index (χ1v) is 10.1. The molecule has 152 valence electrons. The molecule has 1 N–H and O–H groups in total. The summed E-state index contributed by atoms with van der Waals surface area (Å²) in [6, 6.07) is 27.3. The second-order valence-corrected chi connectivity index (χ2v) is 7.48. The van der Waals surface area contributed by atoms with Gasteiger partial charge in [0.05, 0.1) is 24.5 Å². The van der Waals surface area contributed by atoms with Crippen molar-refractivity contribution in [2.75, 3.05) is 31.1 Å². The summed E-state index contributed by atoms with van der Waals surface area (Å²) in [6.07, 6.45) is 6.49. The molecule has 4 heteroatoms. The molecule has 0 saturated carbocycles.